The van der Waals surface area contributed by atoms with Gasteiger partial charge in [0.05, 0.1) is 0 Å². The lowest BCUT2D eigenvalue weighted by Gasteiger charge is -2.35. The average Bonchev–Trinajstić information content (AvgIpc) is 2.76. The van der Waals surface area contributed by atoms with Crippen LogP contribution in [0.4, 0.5) is 0 Å². The minimum Gasteiger partial charge on any atom is -0.321 e. The van der Waals surface area contributed by atoms with Gasteiger partial charge in [0, 0.05) is 10.0 Å². The first-order valence-corrected chi connectivity index (χ1v) is 7.59. The fourth-order valence-electron chi connectivity index (χ4n) is 3.56. The Hall–Kier alpha value is -0.340. The number of hydrogen-bond acceptors (Lipinski definition) is 1. The Balaban J connectivity index is 2.07. The Morgan fingerprint density at radius 1 is 1.00 bits per heavy atom. The molecule has 0 spiro atoms. The lowest BCUT2D eigenvalue weighted by molar-refractivity contribution is 0.300. The van der Waals surface area contributed by atoms with Crippen LogP contribution in [0.5, 0.6) is 0 Å². The molecule has 0 heterocycles. The van der Waals surface area contributed by atoms with Crippen molar-refractivity contribution in [2.24, 2.45) is 5.73 Å². The molecule has 1 fully saturated rings. The zero-order valence-electron chi connectivity index (χ0n) is 10.3. The van der Waals surface area contributed by atoms with E-state index in [2.05, 4.69) is 28.1 Å². The Labute approximate surface area is 112 Å². The Morgan fingerprint density at radius 3 is 2.53 bits per heavy atom. The predicted molar refractivity (Wildman–Crippen MR) is 75.1 cm³/mol. The van der Waals surface area contributed by atoms with Gasteiger partial charge in [0.25, 0.3) is 0 Å². The van der Waals surface area contributed by atoms with Gasteiger partial charge in [-0.25, -0.2) is 0 Å². The third-order valence-electron chi connectivity index (χ3n) is 4.46. The van der Waals surface area contributed by atoms with E-state index in [1.807, 2.05) is 0 Å². The van der Waals surface area contributed by atoms with E-state index in [0.29, 0.717) is 0 Å². The fraction of sp³-hybridized carbons (Fsp3) is 0.600. The molecule has 0 saturated heterocycles. The van der Waals surface area contributed by atoms with E-state index in [0.717, 1.165) is 12.8 Å². The highest BCUT2D eigenvalue weighted by atomic mass is 79.9. The number of hydrogen-bond donors (Lipinski definition) is 1. The molecule has 2 aliphatic carbocycles. The molecule has 0 radical (unpaired) electrons. The molecule has 92 valence electrons. The first-order chi connectivity index (χ1) is 8.19. The van der Waals surface area contributed by atoms with E-state index in [9.17, 15) is 0 Å². The van der Waals surface area contributed by atoms with Gasteiger partial charge in [0.15, 0.2) is 0 Å². The van der Waals surface area contributed by atoms with Crippen LogP contribution in [-0.4, -0.2) is 0 Å². The maximum absolute atomic E-state index is 6.70. The summed E-state index contributed by atoms with van der Waals surface area (Å²) in [4.78, 5) is 0. The summed E-state index contributed by atoms with van der Waals surface area (Å²) in [6.07, 6.45) is 10.0. The largest absolute Gasteiger partial charge is 0.321 e. The topological polar surface area (TPSA) is 26.0 Å². The molecular formula is C15H20BrN. The molecule has 0 amide bonds. The third kappa shape index (κ3) is 2.06. The van der Waals surface area contributed by atoms with Gasteiger partial charge >= 0.3 is 0 Å². The predicted octanol–water partition coefficient (Wildman–Crippen LogP) is 4.06. The molecular weight excluding hydrogens is 274 g/mol. The average molecular weight is 294 g/mol. The molecule has 0 aliphatic heterocycles. The van der Waals surface area contributed by atoms with Gasteiger partial charge in [-0.1, -0.05) is 35.2 Å². The van der Waals surface area contributed by atoms with Crippen molar-refractivity contribution < 1.29 is 0 Å². The first-order valence-electron chi connectivity index (χ1n) is 6.80. The molecule has 0 unspecified atom stereocenters. The number of nitrogens with two attached hydrogens (primary N) is 1. The van der Waals surface area contributed by atoms with Crippen molar-refractivity contribution in [1.82, 2.24) is 0 Å². The number of aryl methyl sites for hydroxylation is 1. The van der Waals surface area contributed by atoms with Crippen LogP contribution in [0, 0.1) is 0 Å². The van der Waals surface area contributed by atoms with Crippen LogP contribution in [0.3, 0.4) is 0 Å². The highest BCUT2D eigenvalue weighted by molar-refractivity contribution is 9.10. The molecule has 0 atom stereocenters. The SMILES string of the molecule is NC1(c2cc(Br)cc3c2CCC3)CCCCC1. The second kappa shape index (κ2) is 4.40. The maximum Gasteiger partial charge on any atom is 0.0412 e. The van der Waals surface area contributed by atoms with Gasteiger partial charge in [-0.05, 0) is 60.9 Å². The van der Waals surface area contributed by atoms with Crippen LogP contribution in [0.1, 0.15) is 55.2 Å². The summed E-state index contributed by atoms with van der Waals surface area (Å²) in [6, 6.07) is 4.58. The van der Waals surface area contributed by atoms with Crippen molar-refractivity contribution >= 4 is 15.9 Å². The van der Waals surface area contributed by atoms with E-state index >= 15 is 0 Å². The van der Waals surface area contributed by atoms with Gasteiger partial charge < -0.3 is 5.73 Å². The number of halogens is 1. The second-order valence-electron chi connectivity index (χ2n) is 5.66. The summed E-state index contributed by atoms with van der Waals surface area (Å²) in [5.41, 5.74) is 11.2. The maximum atomic E-state index is 6.70. The molecule has 3 rings (SSSR count). The highest BCUT2D eigenvalue weighted by Crippen LogP contribution is 2.41. The number of fused-ring (bicyclic) bond motifs is 1. The molecule has 0 aromatic heterocycles. The van der Waals surface area contributed by atoms with Crippen molar-refractivity contribution in [2.75, 3.05) is 0 Å². The van der Waals surface area contributed by atoms with Crippen molar-refractivity contribution in [1.29, 1.82) is 0 Å². The summed E-state index contributed by atoms with van der Waals surface area (Å²) in [5, 5.41) is 0. The molecule has 2 heteroatoms. The smallest absolute Gasteiger partial charge is 0.0412 e. The molecule has 1 aromatic carbocycles. The Bertz CT molecular complexity index is 433. The summed E-state index contributed by atoms with van der Waals surface area (Å²) >= 11 is 3.65. The monoisotopic (exact) mass is 293 g/mol. The van der Waals surface area contributed by atoms with Crippen LogP contribution in [-0.2, 0) is 18.4 Å². The van der Waals surface area contributed by atoms with Gasteiger partial charge in [-0.2, -0.15) is 0 Å². The molecule has 17 heavy (non-hydrogen) atoms. The molecule has 0 bridgehead atoms. The fourth-order valence-corrected chi connectivity index (χ4v) is 4.07. The van der Waals surface area contributed by atoms with Crippen LogP contribution in [0.15, 0.2) is 16.6 Å². The van der Waals surface area contributed by atoms with E-state index in [1.54, 1.807) is 5.56 Å². The minimum absolute atomic E-state index is 0.0452. The molecule has 1 nitrogen and oxygen atoms in total. The van der Waals surface area contributed by atoms with Crippen molar-refractivity contribution in [2.45, 2.75) is 56.9 Å². The van der Waals surface area contributed by atoms with Crippen molar-refractivity contribution in [3.05, 3.63) is 33.3 Å². The summed E-state index contributed by atoms with van der Waals surface area (Å²) in [5.74, 6) is 0. The van der Waals surface area contributed by atoms with Crippen molar-refractivity contribution in [3.63, 3.8) is 0 Å². The van der Waals surface area contributed by atoms with Crippen LogP contribution in [0.2, 0.25) is 0 Å². The van der Waals surface area contributed by atoms with E-state index in [1.165, 1.54) is 54.1 Å². The first kappa shape index (κ1) is 11.7. The lowest BCUT2D eigenvalue weighted by atomic mass is 9.75. The van der Waals surface area contributed by atoms with Gasteiger partial charge in [-0.15, -0.1) is 0 Å². The highest BCUT2D eigenvalue weighted by Gasteiger charge is 2.33. The lowest BCUT2D eigenvalue weighted by Crippen LogP contribution is -2.39. The Kier molecular flexibility index (Phi) is 3.04. The zero-order valence-corrected chi connectivity index (χ0v) is 11.9. The molecule has 2 N–H and O–H groups in total. The standard InChI is InChI=1S/C15H20BrN/c16-12-9-11-5-4-6-13(11)14(10-12)15(17)7-2-1-3-8-15/h9-10H,1-8,17H2. The quantitative estimate of drug-likeness (QED) is 0.830. The number of rotatable bonds is 1. The van der Waals surface area contributed by atoms with Crippen LogP contribution >= 0.6 is 15.9 Å². The molecule has 1 aromatic rings. The van der Waals surface area contributed by atoms with E-state index < -0.39 is 0 Å². The zero-order chi connectivity index (χ0) is 11.9. The summed E-state index contributed by atoms with van der Waals surface area (Å²) in [7, 11) is 0. The summed E-state index contributed by atoms with van der Waals surface area (Å²) in [6.45, 7) is 0. The van der Waals surface area contributed by atoms with Gasteiger partial charge in [0.1, 0.15) is 0 Å². The van der Waals surface area contributed by atoms with Crippen LogP contribution in [0.25, 0.3) is 0 Å². The number of benzene rings is 1. The minimum atomic E-state index is -0.0452. The van der Waals surface area contributed by atoms with E-state index in [-0.39, 0.29) is 5.54 Å². The van der Waals surface area contributed by atoms with Crippen LogP contribution < -0.4 is 5.73 Å². The molecule has 2 aliphatic rings. The third-order valence-corrected chi connectivity index (χ3v) is 4.92. The van der Waals surface area contributed by atoms with E-state index in [4.69, 9.17) is 5.73 Å². The van der Waals surface area contributed by atoms with Gasteiger partial charge in [0.2, 0.25) is 0 Å². The normalized spacial score (nSPS) is 22.5. The summed E-state index contributed by atoms with van der Waals surface area (Å²) < 4.78 is 1.21. The van der Waals surface area contributed by atoms with Crippen molar-refractivity contribution in [3.8, 4) is 0 Å². The van der Waals surface area contributed by atoms with Gasteiger partial charge in [-0.3, -0.25) is 0 Å². The Morgan fingerprint density at radius 2 is 1.76 bits per heavy atom. The second-order valence-corrected chi connectivity index (χ2v) is 6.58. The molecule has 1 saturated carbocycles.